The van der Waals surface area contributed by atoms with Gasteiger partial charge < -0.3 is 19.3 Å². The molecule has 0 aromatic heterocycles. The molecule has 4 rings (SSSR count). The lowest BCUT2D eigenvalue weighted by atomic mass is 10.2. The molecular weight excluding hydrogens is 427 g/mol. The normalized spacial score (nSPS) is 18.3. The van der Waals surface area contributed by atoms with E-state index in [-0.39, 0.29) is 31.4 Å². The maximum absolute atomic E-state index is 13.9. The number of ether oxygens (including phenoxy) is 3. The third-order valence-electron chi connectivity index (χ3n) is 5.27. The van der Waals surface area contributed by atoms with Gasteiger partial charge >= 0.3 is 0 Å². The Morgan fingerprint density at radius 1 is 1.06 bits per heavy atom. The zero-order valence-electron chi connectivity index (χ0n) is 16.9. The summed E-state index contributed by atoms with van der Waals surface area (Å²) in [4.78, 5) is 1.67. The van der Waals surface area contributed by atoms with E-state index in [4.69, 9.17) is 14.2 Å². The first-order valence-corrected chi connectivity index (χ1v) is 11.5. The molecule has 2 aromatic rings. The maximum atomic E-state index is 13.9. The Morgan fingerprint density at radius 3 is 2.58 bits per heavy atom. The summed E-state index contributed by atoms with van der Waals surface area (Å²) in [6, 6.07) is 10.9. The van der Waals surface area contributed by atoms with Crippen molar-refractivity contribution in [3.63, 3.8) is 0 Å². The molecule has 2 aliphatic rings. The third-order valence-corrected chi connectivity index (χ3v) is 7.20. The summed E-state index contributed by atoms with van der Waals surface area (Å²) in [5.41, 5.74) is 0.920. The van der Waals surface area contributed by atoms with E-state index in [2.05, 4.69) is 0 Å². The second-order valence-corrected chi connectivity index (χ2v) is 9.40. The van der Waals surface area contributed by atoms with Crippen molar-refractivity contribution in [2.75, 3.05) is 46.1 Å². The highest BCUT2D eigenvalue weighted by Gasteiger charge is 2.30. The minimum Gasteiger partial charge on any atom is -0.454 e. The van der Waals surface area contributed by atoms with Gasteiger partial charge in [-0.25, -0.2) is 12.8 Å². The van der Waals surface area contributed by atoms with Gasteiger partial charge in [0.05, 0.1) is 19.3 Å². The van der Waals surface area contributed by atoms with Crippen molar-refractivity contribution in [2.45, 2.75) is 17.6 Å². The van der Waals surface area contributed by atoms with E-state index in [9.17, 15) is 17.9 Å². The van der Waals surface area contributed by atoms with Crippen molar-refractivity contribution >= 4 is 10.0 Å². The molecule has 1 N–H and O–H groups in total. The lowest BCUT2D eigenvalue weighted by Gasteiger charge is -2.34. The number of rotatable bonds is 8. The first-order chi connectivity index (χ1) is 14.9. The van der Waals surface area contributed by atoms with Crippen LogP contribution in [0.25, 0.3) is 0 Å². The summed E-state index contributed by atoms with van der Waals surface area (Å²) in [7, 11) is -3.87. The predicted octanol–water partition coefficient (Wildman–Crippen LogP) is 1.44. The van der Waals surface area contributed by atoms with Gasteiger partial charge in [-0.3, -0.25) is 4.90 Å². The molecule has 0 unspecified atom stereocenters. The highest BCUT2D eigenvalue weighted by Crippen LogP contribution is 2.32. The Hall–Kier alpha value is -2.24. The van der Waals surface area contributed by atoms with Gasteiger partial charge in [0.15, 0.2) is 11.5 Å². The number of β-amino-alcohol motifs (C(OH)–C–C–N with tert-alkyl or cyclic N) is 1. The number of piperazine rings is 1. The molecular formula is C21H25FN2O6S. The van der Waals surface area contributed by atoms with E-state index in [0.717, 1.165) is 11.6 Å². The van der Waals surface area contributed by atoms with Crippen LogP contribution in [0.4, 0.5) is 4.39 Å². The number of hydrogen-bond acceptors (Lipinski definition) is 7. The Kier molecular flexibility index (Phi) is 6.73. The molecule has 1 atom stereocenters. The van der Waals surface area contributed by atoms with Gasteiger partial charge in [-0.2, -0.15) is 4.31 Å². The van der Waals surface area contributed by atoms with Crippen LogP contribution >= 0.6 is 0 Å². The molecule has 1 saturated heterocycles. The van der Waals surface area contributed by atoms with Gasteiger partial charge in [0.2, 0.25) is 16.8 Å². The number of aliphatic hydroxyl groups is 1. The van der Waals surface area contributed by atoms with Gasteiger partial charge in [0.1, 0.15) is 10.7 Å². The monoisotopic (exact) mass is 452 g/mol. The summed E-state index contributed by atoms with van der Waals surface area (Å²) < 4.78 is 56.7. The van der Waals surface area contributed by atoms with Crippen molar-refractivity contribution < 1.29 is 32.1 Å². The molecule has 0 bridgehead atoms. The first-order valence-electron chi connectivity index (χ1n) is 10.0. The number of aliphatic hydroxyl groups excluding tert-OH is 1. The van der Waals surface area contributed by atoms with E-state index < -0.39 is 21.9 Å². The average Bonchev–Trinajstić information content (AvgIpc) is 3.22. The molecule has 31 heavy (non-hydrogen) atoms. The fraction of sp³-hybridized carbons (Fsp3) is 0.429. The standard InChI is InChI=1S/C21H25FN2O6S/c22-18-3-1-2-4-21(18)31(26,27)24-9-7-23(8-10-24)12-17(25)14-28-13-16-5-6-19-20(11-16)30-15-29-19/h1-6,11,17,25H,7-10,12-15H2/t17-/m1/s1. The van der Waals surface area contributed by atoms with Crippen LogP contribution < -0.4 is 9.47 Å². The van der Waals surface area contributed by atoms with Crippen LogP contribution in [-0.4, -0.2) is 75.0 Å². The Labute approximate surface area is 180 Å². The zero-order valence-corrected chi connectivity index (χ0v) is 17.8. The zero-order chi connectivity index (χ0) is 21.8. The van der Waals surface area contributed by atoms with Gasteiger partial charge in [0.25, 0.3) is 0 Å². The van der Waals surface area contributed by atoms with Crippen molar-refractivity contribution in [1.82, 2.24) is 9.21 Å². The Morgan fingerprint density at radius 2 is 1.81 bits per heavy atom. The first kappa shape index (κ1) is 22.0. The Balaban J connectivity index is 1.21. The van der Waals surface area contributed by atoms with Crippen LogP contribution in [-0.2, 0) is 21.4 Å². The molecule has 2 aromatic carbocycles. The largest absolute Gasteiger partial charge is 0.454 e. The van der Waals surface area contributed by atoms with Crippen LogP contribution in [0.3, 0.4) is 0 Å². The maximum Gasteiger partial charge on any atom is 0.246 e. The average molecular weight is 453 g/mol. The Bertz CT molecular complexity index is 1010. The van der Waals surface area contributed by atoms with Crippen LogP contribution in [0.1, 0.15) is 5.56 Å². The molecule has 0 saturated carbocycles. The van der Waals surface area contributed by atoms with Crippen molar-refractivity contribution in [1.29, 1.82) is 0 Å². The van der Waals surface area contributed by atoms with E-state index >= 15 is 0 Å². The van der Waals surface area contributed by atoms with Crippen LogP contribution in [0.15, 0.2) is 47.4 Å². The second kappa shape index (κ2) is 9.49. The van der Waals surface area contributed by atoms with Crippen LogP contribution in [0.2, 0.25) is 0 Å². The van der Waals surface area contributed by atoms with Crippen molar-refractivity contribution in [3.8, 4) is 11.5 Å². The highest BCUT2D eigenvalue weighted by molar-refractivity contribution is 7.89. The van der Waals surface area contributed by atoms with Gasteiger partial charge in [-0.05, 0) is 29.8 Å². The number of nitrogens with zero attached hydrogens (tertiary/aromatic N) is 2. The molecule has 2 aliphatic heterocycles. The van der Waals surface area contributed by atoms with Crippen LogP contribution in [0.5, 0.6) is 11.5 Å². The number of halogens is 1. The number of sulfonamides is 1. The summed E-state index contributed by atoms with van der Waals surface area (Å²) >= 11 is 0. The molecule has 0 radical (unpaired) electrons. The SMILES string of the molecule is O=S(=O)(c1ccccc1F)N1CCN(C[C@@H](O)COCc2ccc3c(c2)OCO3)CC1. The molecule has 8 nitrogen and oxygen atoms in total. The van der Waals surface area contributed by atoms with Crippen LogP contribution in [0, 0.1) is 5.82 Å². The van der Waals surface area contributed by atoms with Crippen molar-refractivity contribution in [3.05, 3.63) is 53.8 Å². The molecule has 168 valence electrons. The molecule has 0 spiro atoms. The van der Waals surface area contributed by atoms with Gasteiger partial charge in [-0.15, -0.1) is 0 Å². The van der Waals surface area contributed by atoms with Crippen molar-refractivity contribution in [2.24, 2.45) is 0 Å². The summed E-state index contributed by atoms with van der Waals surface area (Å²) in [5.74, 6) is 0.643. The minimum absolute atomic E-state index is 0.155. The van der Waals surface area contributed by atoms with Gasteiger partial charge in [0, 0.05) is 32.7 Å². The highest BCUT2D eigenvalue weighted by atomic mass is 32.2. The fourth-order valence-corrected chi connectivity index (χ4v) is 5.13. The van der Waals surface area contributed by atoms with E-state index in [0.29, 0.717) is 37.7 Å². The number of benzene rings is 2. The van der Waals surface area contributed by atoms with E-state index in [1.54, 1.807) is 0 Å². The number of hydrogen-bond donors (Lipinski definition) is 1. The molecule has 0 aliphatic carbocycles. The summed E-state index contributed by atoms with van der Waals surface area (Å²) in [5, 5.41) is 10.3. The van der Waals surface area contributed by atoms with E-state index in [1.807, 2.05) is 23.1 Å². The molecule has 1 fully saturated rings. The minimum atomic E-state index is -3.87. The lowest BCUT2D eigenvalue weighted by Crippen LogP contribution is -2.50. The topological polar surface area (TPSA) is 88.5 Å². The quantitative estimate of drug-likeness (QED) is 0.648. The fourth-order valence-electron chi connectivity index (χ4n) is 3.64. The smallest absolute Gasteiger partial charge is 0.246 e. The predicted molar refractivity (Wildman–Crippen MR) is 110 cm³/mol. The second-order valence-electron chi connectivity index (χ2n) is 7.49. The third kappa shape index (κ3) is 5.16. The number of fused-ring (bicyclic) bond motifs is 1. The molecule has 10 heteroatoms. The molecule has 2 heterocycles. The summed E-state index contributed by atoms with van der Waals surface area (Å²) in [6.45, 7) is 2.45. The van der Waals surface area contributed by atoms with Gasteiger partial charge in [-0.1, -0.05) is 18.2 Å². The lowest BCUT2D eigenvalue weighted by molar-refractivity contribution is 0.00536. The molecule has 0 amide bonds. The van der Waals surface area contributed by atoms with E-state index in [1.165, 1.54) is 22.5 Å². The summed E-state index contributed by atoms with van der Waals surface area (Å²) in [6.07, 6.45) is -0.705.